The number of hydrogen-bond acceptors (Lipinski definition) is 5. The maximum Gasteiger partial charge on any atom is 0.234 e. The zero-order chi connectivity index (χ0) is 19.9. The zero-order valence-corrected chi connectivity index (χ0v) is 18.6. The Morgan fingerprint density at radius 3 is 2.57 bits per heavy atom. The number of nitrogens with zero attached hydrogens (tertiary/aromatic N) is 3. The van der Waals surface area contributed by atoms with Crippen LogP contribution in [0.5, 0.6) is 5.75 Å². The van der Waals surface area contributed by atoms with Crippen LogP contribution in [0.25, 0.3) is 0 Å². The fourth-order valence-corrected chi connectivity index (χ4v) is 3.79. The minimum absolute atomic E-state index is 0.0769. The van der Waals surface area contributed by atoms with E-state index in [-0.39, 0.29) is 17.8 Å². The first-order valence-corrected chi connectivity index (χ1v) is 11.0. The standard InChI is InChI=1S/C20H21IN4O2S/c1-3-25-19(14(2)27-17-7-5-4-6-8-17)23-24-20(25)28-13-18(26)22-16-11-9-15(21)10-12-16/h4-12,14H,3,13H2,1-2H3,(H,22,26)/t14-/m0/s1. The average molecular weight is 508 g/mol. The van der Waals surface area contributed by atoms with Gasteiger partial charge in [-0.1, -0.05) is 30.0 Å². The molecule has 28 heavy (non-hydrogen) atoms. The van der Waals surface area contributed by atoms with E-state index in [0.717, 1.165) is 20.8 Å². The van der Waals surface area contributed by atoms with Gasteiger partial charge >= 0.3 is 0 Å². The SMILES string of the molecule is CCn1c(SCC(=O)Nc2ccc(I)cc2)nnc1[C@H](C)Oc1ccccc1. The summed E-state index contributed by atoms with van der Waals surface area (Å²) in [4.78, 5) is 12.2. The second kappa shape index (κ2) is 9.92. The van der Waals surface area contributed by atoms with Gasteiger partial charge in [0.1, 0.15) is 5.75 Å². The summed E-state index contributed by atoms with van der Waals surface area (Å²) in [7, 11) is 0. The van der Waals surface area contributed by atoms with Crippen LogP contribution in [-0.2, 0) is 11.3 Å². The lowest BCUT2D eigenvalue weighted by atomic mass is 10.3. The Morgan fingerprint density at radius 1 is 1.18 bits per heavy atom. The molecule has 8 heteroatoms. The van der Waals surface area contributed by atoms with Crippen molar-refractivity contribution >= 4 is 45.9 Å². The van der Waals surface area contributed by atoms with E-state index in [4.69, 9.17) is 4.74 Å². The molecule has 0 spiro atoms. The van der Waals surface area contributed by atoms with Gasteiger partial charge in [0, 0.05) is 15.8 Å². The smallest absolute Gasteiger partial charge is 0.234 e. The zero-order valence-electron chi connectivity index (χ0n) is 15.6. The van der Waals surface area contributed by atoms with Crippen molar-refractivity contribution in [3.05, 3.63) is 64.0 Å². The van der Waals surface area contributed by atoms with Crippen LogP contribution >= 0.6 is 34.4 Å². The van der Waals surface area contributed by atoms with Crippen LogP contribution in [0.4, 0.5) is 5.69 Å². The number of rotatable bonds is 8. The number of carbonyl (C=O) groups excluding carboxylic acids is 1. The number of amides is 1. The highest BCUT2D eigenvalue weighted by molar-refractivity contribution is 14.1. The maximum absolute atomic E-state index is 12.2. The molecule has 2 aromatic carbocycles. The minimum atomic E-state index is -0.246. The Kier molecular flexibility index (Phi) is 7.32. The second-order valence-electron chi connectivity index (χ2n) is 6.00. The third-order valence-corrected chi connectivity index (χ3v) is 5.63. The van der Waals surface area contributed by atoms with Crippen LogP contribution in [-0.4, -0.2) is 26.4 Å². The fourth-order valence-electron chi connectivity index (χ4n) is 2.62. The average Bonchev–Trinajstić information content (AvgIpc) is 3.12. The minimum Gasteiger partial charge on any atom is -0.483 e. The molecule has 3 aromatic rings. The van der Waals surface area contributed by atoms with Gasteiger partial charge in [-0.25, -0.2) is 0 Å². The molecule has 0 radical (unpaired) electrons. The number of hydrogen-bond donors (Lipinski definition) is 1. The summed E-state index contributed by atoms with van der Waals surface area (Å²) in [6.45, 7) is 4.67. The molecule has 0 saturated heterocycles. The first-order valence-electron chi connectivity index (χ1n) is 8.90. The van der Waals surface area contributed by atoms with Gasteiger partial charge in [0.25, 0.3) is 0 Å². The van der Waals surface area contributed by atoms with Crippen molar-refractivity contribution in [3.63, 3.8) is 0 Å². The van der Waals surface area contributed by atoms with Gasteiger partial charge in [0.2, 0.25) is 5.91 Å². The van der Waals surface area contributed by atoms with Crippen molar-refractivity contribution in [3.8, 4) is 5.75 Å². The van der Waals surface area contributed by atoms with Crippen LogP contribution in [0.2, 0.25) is 0 Å². The summed E-state index contributed by atoms with van der Waals surface area (Å²) in [6.07, 6.45) is -0.246. The lowest BCUT2D eigenvalue weighted by molar-refractivity contribution is -0.113. The van der Waals surface area contributed by atoms with Gasteiger partial charge in [-0.15, -0.1) is 10.2 Å². The molecule has 0 aliphatic carbocycles. The number of para-hydroxylation sites is 1. The molecule has 1 atom stereocenters. The molecule has 0 bridgehead atoms. The predicted octanol–water partition coefficient (Wildman–Crippen LogP) is 4.77. The quantitative estimate of drug-likeness (QED) is 0.351. The van der Waals surface area contributed by atoms with Crippen molar-refractivity contribution < 1.29 is 9.53 Å². The van der Waals surface area contributed by atoms with Gasteiger partial charge in [-0.05, 0) is 72.8 Å². The molecule has 0 saturated carbocycles. The van der Waals surface area contributed by atoms with E-state index in [1.54, 1.807) is 0 Å². The van der Waals surface area contributed by atoms with E-state index >= 15 is 0 Å². The number of benzene rings is 2. The van der Waals surface area contributed by atoms with E-state index < -0.39 is 0 Å². The Morgan fingerprint density at radius 2 is 1.89 bits per heavy atom. The van der Waals surface area contributed by atoms with E-state index in [0.29, 0.717) is 11.7 Å². The second-order valence-corrected chi connectivity index (χ2v) is 8.19. The predicted molar refractivity (Wildman–Crippen MR) is 120 cm³/mol. The van der Waals surface area contributed by atoms with Crippen LogP contribution in [0.1, 0.15) is 25.8 Å². The molecule has 1 amide bonds. The van der Waals surface area contributed by atoms with E-state index in [1.807, 2.05) is 73.0 Å². The van der Waals surface area contributed by atoms with Crippen molar-refractivity contribution in [1.29, 1.82) is 0 Å². The highest BCUT2D eigenvalue weighted by Crippen LogP contribution is 2.24. The molecule has 0 aliphatic heterocycles. The van der Waals surface area contributed by atoms with E-state index in [1.165, 1.54) is 11.8 Å². The Hall–Kier alpha value is -2.07. The molecule has 146 valence electrons. The lowest BCUT2D eigenvalue weighted by Crippen LogP contribution is -2.15. The first-order chi connectivity index (χ1) is 13.6. The van der Waals surface area contributed by atoms with Crippen molar-refractivity contribution in [1.82, 2.24) is 14.8 Å². The molecule has 1 aromatic heterocycles. The van der Waals surface area contributed by atoms with Gasteiger partial charge in [-0.2, -0.15) is 0 Å². The van der Waals surface area contributed by atoms with Crippen molar-refractivity contribution in [2.45, 2.75) is 31.7 Å². The van der Waals surface area contributed by atoms with Gasteiger partial charge in [-0.3, -0.25) is 4.79 Å². The molecular weight excluding hydrogens is 487 g/mol. The summed E-state index contributed by atoms with van der Waals surface area (Å²) < 4.78 is 9.07. The third-order valence-electron chi connectivity index (χ3n) is 3.94. The number of nitrogens with one attached hydrogen (secondary N) is 1. The normalized spacial score (nSPS) is 11.8. The molecule has 1 heterocycles. The van der Waals surface area contributed by atoms with Gasteiger partial charge in [0.05, 0.1) is 5.75 Å². The van der Waals surface area contributed by atoms with E-state index in [9.17, 15) is 4.79 Å². The van der Waals surface area contributed by atoms with Gasteiger partial charge < -0.3 is 14.6 Å². The molecule has 0 fully saturated rings. The highest BCUT2D eigenvalue weighted by atomic mass is 127. The summed E-state index contributed by atoms with van der Waals surface area (Å²) in [6, 6.07) is 17.3. The van der Waals surface area contributed by atoms with Gasteiger partial charge in [0.15, 0.2) is 17.1 Å². The molecule has 0 aliphatic rings. The van der Waals surface area contributed by atoms with Crippen molar-refractivity contribution in [2.24, 2.45) is 0 Å². The van der Waals surface area contributed by atoms with E-state index in [2.05, 4.69) is 38.1 Å². The number of aromatic nitrogens is 3. The summed E-state index contributed by atoms with van der Waals surface area (Å²) >= 11 is 3.60. The van der Waals surface area contributed by atoms with Crippen molar-refractivity contribution in [2.75, 3.05) is 11.1 Å². The Labute approximate surface area is 182 Å². The number of halogens is 1. The molecular formula is C20H21IN4O2S. The monoisotopic (exact) mass is 508 g/mol. The largest absolute Gasteiger partial charge is 0.483 e. The van der Waals surface area contributed by atoms with Crippen LogP contribution in [0, 0.1) is 3.57 Å². The summed E-state index contributed by atoms with van der Waals surface area (Å²) in [5, 5.41) is 12.1. The summed E-state index contributed by atoms with van der Waals surface area (Å²) in [5.41, 5.74) is 0.786. The Balaban J connectivity index is 1.61. The number of thioether (sulfide) groups is 1. The molecule has 0 unspecified atom stereocenters. The van der Waals surface area contributed by atoms with Crippen LogP contribution in [0.15, 0.2) is 59.8 Å². The number of anilines is 1. The fraction of sp³-hybridized carbons (Fsp3) is 0.250. The third kappa shape index (κ3) is 5.48. The van der Waals surface area contributed by atoms with Crippen LogP contribution < -0.4 is 10.1 Å². The summed E-state index contributed by atoms with van der Waals surface area (Å²) in [5.74, 6) is 1.71. The molecule has 1 N–H and O–H groups in total. The highest BCUT2D eigenvalue weighted by Gasteiger charge is 2.19. The lowest BCUT2D eigenvalue weighted by Gasteiger charge is -2.15. The molecule has 3 rings (SSSR count). The van der Waals surface area contributed by atoms with Crippen LogP contribution in [0.3, 0.4) is 0 Å². The number of carbonyl (C=O) groups is 1. The number of ether oxygens (including phenoxy) is 1. The topological polar surface area (TPSA) is 69.0 Å². The maximum atomic E-state index is 12.2. The Bertz CT molecular complexity index is 916. The first kappa shape index (κ1) is 20.7. The molecule has 6 nitrogen and oxygen atoms in total.